The number of rotatable bonds is 7. The maximum absolute atomic E-state index is 5.96. The molecule has 1 aromatic heterocycles. The largest absolute Gasteiger partial charge is 0.492 e. The number of hydrogen-bond donors (Lipinski definition) is 1. The third-order valence-corrected chi connectivity index (χ3v) is 2.14. The highest BCUT2D eigenvalue weighted by molar-refractivity contribution is 5.25. The van der Waals surface area contributed by atoms with Gasteiger partial charge in [-0.3, -0.25) is 4.98 Å². The van der Waals surface area contributed by atoms with Crippen LogP contribution >= 0.6 is 0 Å². The van der Waals surface area contributed by atoms with Gasteiger partial charge in [0.1, 0.15) is 5.75 Å². The second-order valence-electron chi connectivity index (χ2n) is 3.57. The Balaban J connectivity index is 2.58. The highest BCUT2D eigenvalue weighted by Crippen LogP contribution is 2.16. The molecule has 2 N–H and O–H groups in total. The Hall–Kier alpha value is -1.13. The molecule has 0 aliphatic carbocycles. The first-order valence-electron chi connectivity index (χ1n) is 5.69. The summed E-state index contributed by atoms with van der Waals surface area (Å²) in [5.41, 5.74) is 6.90. The molecule has 0 bridgehead atoms. The summed E-state index contributed by atoms with van der Waals surface area (Å²) in [5.74, 6) is 0.770. The Morgan fingerprint density at radius 1 is 1.38 bits per heavy atom. The lowest BCUT2D eigenvalue weighted by atomic mass is 10.1. The molecule has 0 fully saturated rings. The van der Waals surface area contributed by atoms with E-state index in [1.165, 1.54) is 0 Å². The fourth-order valence-electron chi connectivity index (χ4n) is 1.28. The van der Waals surface area contributed by atoms with E-state index in [1.54, 1.807) is 12.4 Å². The molecule has 90 valence electrons. The van der Waals surface area contributed by atoms with Gasteiger partial charge in [-0.1, -0.05) is 6.92 Å². The van der Waals surface area contributed by atoms with Crippen molar-refractivity contribution in [3.05, 3.63) is 24.0 Å². The Bertz CT molecular complexity index is 305. The van der Waals surface area contributed by atoms with Crippen molar-refractivity contribution in [1.29, 1.82) is 0 Å². The quantitative estimate of drug-likeness (QED) is 0.768. The molecule has 1 unspecified atom stereocenters. The third kappa shape index (κ3) is 4.16. The van der Waals surface area contributed by atoms with Crippen LogP contribution in [0.25, 0.3) is 0 Å². The van der Waals surface area contributed by atoms with Gasteiger partial charge >= 0.3 is 0 Å². The van der Waals surface area contributed by atoms with Gasteiger partial charge < -0.3 is 15.2 Å². The average Bonchev–Trinajstić information content (AvgIpc) is 2.33. The molecule has 0 aliphatic heterocycles. The maximum atomic E-state index is 5.96. The van der Waals surface area contributed by atoms with Crippen LogP contribution in [0.1, 0.15) is 31.9 Å². The van der Waals surface area contributed by atoms with Crippen molar-refractivity contribution in [2.24, 2.45) is 5.73 Å². The lowest BCUT2D eigenvalue weighted by Crippen LogP contribution is -2.17. The molecule has 1 atom stereocenters. The van der Waals surface area contributed by atoms with E-state index in [1.807, 2.05) is 13.0 Å². The highest BCUT2D eigenvalue weighted by Gasteiger charge is 2.07. The molecule has 4 heteroatoms. The molecular formula is C12H20N2O2. The van der Waals surface area contributed by atoms with Crippen LogP contribution in [-0.2, 0) is 4.74 Å². The summed E-state index contributed by atoms with van der Waals surface area (Å²) in [6.45, 7) is 5.90. The van der Waals surface area contributed by atoms with E-state index >= 15 is 0 Å². The van der Waals surface area contributed by atoms with Gasteiger partial charge in [-0.2, -0.15) is 0 Å². The van der Waals surface area contributed by atoms with E-state index < -0.39 is 0 Å². The predicted molar refractivity (Wildman–Crippen MR) is 63.4 cm³/mol. The molecule has 0 spiro atoms. The minimum Gasteiger partial charge on any atom is -0.492 e. The van der Waals surface area contributed by atoms with Crippen LogP contribution in [-0.4, -0.2) is 24.8 Å². The van der Waals surface area contributed by atoms with Gasteiger partial charge in [0.25, 0.3) is 0 Å². The number of nitrogens with two attached hydrogens (primary N) is 1. The van der Waals surface area contributed by atoms with E-state index in [-0.39, 0.29) is 6.04 Å². The van der Waals surface area contributed by atoms with Gasteiger partial charge in [0, 0.05) is 12.8 Å². The second kappa shape index (κ2) is 7.19. The monoisotopic (exact) mass is 224 g/mol. The van der Waals surface area contributed by atoms with E-state index in [9.17, 15) is 0 Å². The Labute approximate surface area is 96.8 Å². The van der Waals surface area contributed by atoms with E-state index in [0.717, 1.165) is 17.7 Å². The van der Waals surface area contributed by atoms with Crippen molar-refractivity contribution < 1.29 is 9.47 Å². The van der Waals surface area contributed by atoms with Crippen molar-refractivity contribution in [1.82, 2.24) is 4.98 Å². The van der Waals surface area contributed by atoms with Crippen molar-refractivity contribution in [3.63, 3.8) is 0 Å². The van der Waals surface area contributed by atoms with Crippen LogP contribution in [0, 0.1) is 0 Å². The smallest absolute Gasteiger partial charge is 0.137 e. The molecule has 0 aliphatic rings. The Morgan fingerprint density at radius 2 is 2.19 bits per heavy atom. The molecular weight excluding hydrogens is 204 g/mol. The SMILES string of the molecule is CCCOc1cncc(C(N)COCC)c1. The molecule has 16 heavy (non-hydrogen) atoms. The summed E-state index contributed by atoms with van der Waals surface area (Å²) in [5, 5.41) is 0. The molecule has 1 rings (SSSR count). The zero-order chi connectivity index (χ0) is 11.8. The van der Waals surface area contributed by atoms with Crippen LogP contribution in [0.5, 0.6) is 5.75 Å². The van der Waals surface area contributed by atoms with Gasteiger partial charge in [-0.25, -0.2) is 0 Å². The summed E-state index contributed by atoms with van der Waals surface area (Å²) in [4.78, 5) is 4.11. The molecule has 0 saturated heterocycles. The van der Waals surface area contributed by atoms with Crippen LogP contribution in [0.15, 0.2) is 18.5 Å². The zero-order valence-electron chi connectivity index (χ0n) is 9.98. The molecule has 1 aromatic rings. The summed E-state index contributed by atoms with van der Waals surface area (Å²) in [7, 11) is 0. The van der Waals surface area contributed by atoms with Crippen molar-refractivity contribution >= 4 is 0 Å². The summed E-state index contributed by atoms with van der Waals surface area (Å²) >= 11 is 0. The molecule has 1 heterocycles. The fourth-order valence-corrected chi connectivity index (χ4v) is 1.28. The molecule has 0 amide bonds. The van der Waals surface area contributed by atoms with Crippen molar-refractivity contribution in [2.45, 2.75) is 26.3 Å². The van der Waals surface area contributed by atoms with Crippen LogP contribution in [0.4, 0.5) is 0 Å². The first-order chi connectivity index (χ1) is 7.77. The summed E-state index contributed by atoms with van der Waals surface area (Å²) < 4.78 is 10.8. The molecule has 4 nitrogen and oxygen atoms in total. The minimum atomic E-state index is -0.141. The number of pyridine rings is 1. The summed E-state index contributed by atoms with van der Waals surface area (Å²) in [6.07, 6.45) is 4.43. The van der Waals surface area contributed by atoms with Crippen LogP contribution in [0.2, 0.25) is 0 Å². The lowest BCUT2D eigenvalue weighted by molar-refractivity contribution is 0.133. The first kappa shape index (κ1) is 12.9. The second-order valence-corrected chi connectivity index (χ2v) is 3.57. The van der Waals surface area contributed by atoms with Crippen molar-refractivity contribution in [2.75, 3.05) is 19.8 Å². The predicted octanol–water partition coefficient (Wildman–Crippen LogP) is 1.91. The number of nitrogens with zero attached hydrogens (tertiary/aromatic N) is 1. The maximum Gasteiger partial charge on any atom is 0.137 e. The normalized spacial score (nSPS) is 12.4. The van der Waals surface area contributed by atoms with E-state index in [2.05, 4.69) is 11.9 Å². The third-order valence-electron chi connectivity index (χ3n) is 2.14. The fraction of sp³-hybridized carbons (Fsp3) is 0.583. The Kier molecular flexibility index (Phi) is 5.82. The van der Waals surface area contributed by atoms with E-state index in [4.69, 9.17) is 15.2 Å². The van der Waals surface area contributed by atoms with Gasteiger partial charge in [0.05, 0.1) is 25.5 Å². The molecule has 0 aromatic carbocycles. The molecule has 0 saturated carbocycles. The topological polar surface area (TPSA) is 57.4 Å². The number of aromatic nitrogens is 1. The van der Waals surface area contributed by atoms with Gasteiger partial charge in [0.15, 0.2) is 0 Å². The number of hydrogen-bond acceptors (Lipinski definition) is 4. The summed E-state index contributed by atoms with van der Waals surface area (Å²) in [6, 6.07) is 1.78. The highest BCUT2D eigenvalue weighted by atomic mass is 16.5. The Morgan fingerprint density at radius 3 is 2.88 bits per heavy atom. The molecule has 0 radical (unpaired) electrons. The first-order valence-corrected chi connectivity index (χ1v) is 5.69. The van der Waals surface area contributed by atoms with Crippen LogP contribution in [0.3, 0.4) is 0 Å². The van der Waals surface area contributed by atoms with Gasteiger partial charge in [-0.15, -0.1) is 0 Å². The number of ether oxygens (including phenoxy) is 2. The zero-order valence-corrected chi connectivity index (χ0v) is 9.98. The van der Waals surface area contributed by atoms with Crippen molar-refractivity contribution in [3.8, 4) is 5.75 Å². The average molecular weight is 224 g/mol. The van der Waals surface area contributed by atoms with E-state index in [0.29, 0.717) is 19.8 Å². The standard InChI is InChI=1S/C12H20N2O2/c1-3-5-16-11-6-10(7-14-8-11)12(13)9-15-4-2/h6-8,12H,3-5,9,13H2,1-2H3. The minimum absolute atomic E-state index is 0.141. The van der Waals surface area contributed by atoms with Gasteiger partial charge in [0.2, 0.25) is 0 Å². The van der Waals surface area contributed by atoms with Gasteiger partial charge in [-0.05, 0) is 25.0 Å². The van der Waals surface area contributed by atoms with Crippen LogP contribution < -0.4 is 10.5 Å². The lowest BCUT2D eigenvalue weighted by Gasteiger charge is -2.12.